The zero-order valence-corrected chi connectivity index (χ0v) is 18.8. The first-order chi connectivity index (χ1) is 15.5. The number of hydrogen-bond donors (Lipinski definition) is 0. The zero-order valence-electron chi connectivity index (χ0n) is 17.3. The highest BCUT2D eigenvalue weighted by Crippen LogP contribution is 2.34. The second kappa shape index (κ2) is 9.98. The van der Waals surface area contributed by atoms with E-state index in [2.05, 4.69) is 0 Å². The van der Waals surface area contributed by atoms with Crippen molar-refractivity contribution in [1.82, 2.24) is 0 Å². The first-order valence-electron chi connectivity index (χ1n) is 9.91. The van der Waals surface area contributed by atoms with Gasteiger partial charge in [0.15, 0.2) is 23.0 Å². The molecule has 0 fully saturated rings. The molecule has 1 aliphatic heterocycles. The molecule has 1 aliphatic rings. The van der Waals surface area contributed by atoms with E-state index in [0.717, 1.165) is 11.1 Å². The summed E-state index contributed by atoms with van der Waals surface area (Å²) in [6, 6.07) is 15.9. The Hall–Kier alpha value is -3.15. The van der Waals surface area contributed by atoms with Gasteiger partial charge in [0, 0.05) is 11.1 Å². The van der Waals surface area contributed by atoms with Crippen molar-refractivity contribution >= 4 is 35.1 Å². The maximum atomic E-state index is 12.6. The Kier molecular flexibility index (Phi) is 6.88. The minimum atomic E-state index is -0.140. The monoisotopic (exact) mass is 470 g/mol. The lowest BCUT2D eigenvalue weighted by atomic mass is 10.1. The van der Waals surface area contributed by atoms with Crippen molar-refractivity contribution in [3.05, 3.63) is 87.4 Å². The van der Waals surface area contributed by atoms with Crippen LogP contribution in [0.25, 0.3) is 6.08 Å². The molecule has 0 N–H and O–H groups in total. The number of ether oxygens (including phenoxy) is 4. The number of fused-ring (bicyclic) bond motifs is 1. The second-order valence-corrected chi connectivity index (χ2v) is 7.78. The smallest absolute Gasteiger partial charge is 0.185 e. The van der Waals surface area contributed by atoms with Gasteiger partial charge in [0.1, 0.15) is 25.6 Å². The van der Waals surface area contributed by atoms with Crippen LogP contribution in [0.4, 0.5) is 0 Å². The fraction of sp³-hybridized carbons (Fsp3) is 0.160. The van der Waals surface area contributed by atoms with Gasteiger partial charge in [-0.1, -0.05) is 41.4 Å². The molecule has 7 heteroatoms. The SMILES string of the molecule is COc1ccc(/C=C/C(=O)c2ccc3c(c2)OCCO3)cc1COc1c(Cl)cccc1Cl. The predicted octanol–water partition coefficient (Wildman–Crippen LogP) is 6.25. The topological polar surface area (TPSA) is 54.0 Å². The third kappa shape index (κ3) is 5.01. The summed E-state index contributed by atoms with van der Waals surface area (Å²) in [5, 5.41) is 0.857. The zero-order chi connectivity index (χ0) is 22.5. The summed E-state index contributed by atoms with van der Waals surface area (Å²) in [6.07, 6.45) is 3.26. The highest BCUT2D eigenvalue weighted by molar-refractivity contribution is 6.37. The summed E-state index contributed by atoms with van der Waals surface area (Å²) in [4.78, 5) is 12.6. The molecule has 0 spiro atoms. The third-order valence-electron chi connectivity index (χ3n) is 4.85. The number of benzene rings is 3. The molecular weight excluding hydrogens is 451 g/mol. The minimum absolute atomic E-state index is 0.140. The van der Waals surface area contributed by atoms with E-state index in [0.29, 0.717) is 51.8 Å². The summed E-state index contributed by atoms with van der Waals surface area (Å²) in [5.41, 5.74) is 2.13. The van der Waals surface area contributed by atoms with E-state index in [1.54, 1.807) is 49.6 Å². The van der Waals surface area contributed by atoms with Crippen molar-refractivity contribution in [2.45, 2.75) is 6.61 Å². The van der Waals surface area contributed by atoms with Crippen LogP contribution < -0.4 is 18.9 Å². The van der Waals surface area contributed by atoms with Gasteiger partial charge >= 0.3 is 0 Å². The van der Waals surface area contributed by atoms with Gasteiger partial charge in [0.2, 0.25) is 0 Å². The number of carbonyl (C=O) groups excluding carboxylic acids is 1. The van der Waals surface area contributed by atoms with E-state index in [-0.39, 0.29) is 12.4 Å². The summed E-state index contributed by atoms with van der Waals surface area (Å²) < 4.78 is 22.3. The number of allylic oxidation sites excluding steroid dienone is 1. The molecule has 164 valence electrons. The van der Waals surface area contributed by atoms with Crippen molar-refractivity contribution in [1.29, 1.82) is 0 Å². The molecule has 3 aromatic carbocycles. The lowest BCUT2D eigenvalue weighted by Gasteiger charge is -2.18. The van der Waals surface area contributed by atoms with Crippen LogP contribution in [0, 0.1) is 0 Å². The maximum absolute atomic E-state index is 12.6. The lowest BCUT2D eigenvalue weighted by molar-refractivity contribution is 0.104. The second-order valence-electron chi connectivity index (χ2n) is 6.97. The molecule has 0 saturated heterocycles. The predicted molar refractivity (Wildman–Crippen MR) is 125 cm³/mol. The van der Waals surface area contributed by atoms with Crippen LogP contribution in [0.15, 0.2) is 60.7 Å². The number of ketones is 1. The number of carbonyl (C=O) groups is 1. The molecule has 0 radical (unpaired) electrons. The van der Waals surface area contributed by atoms with Crippen molar-refractivity contribution in [3.8, 4) is 23.0 Å². The van der Waals surface area contributed by atoms with Gasteiger partial charge in [-0.2, -0.15) is 0 Å². The van der Waals surface area contributed by atoms with Crippen LogP contribution in [0.2, 0.25) is 10.0 Å². The average molecular weight is 471 g/mol. The van der Waals surface area contributed by atoms with Gasteiger partial charge in [0.25, 0.3) is 0 Å². The van der Waals surface area contributed by atoms with Crippen LogP contribution >= 0.6 is 23.2 Å². The minimum Gasteiger partial charge on any atom is -0.496 e. The van der Waals surface area contributed by atoms with Crippen molar-refractivity contribution in [2.24, 2.45) is 0 Å². The molecule has 0 bridgehead atoms. The number of rotatable bonds is 7. The largest absolute Gasteiger partial charge is 0.496 e. The molecule has 0 aliphatic carbocycles. The first kappa shape index (κ1) is 22.1. The normalized spacial score (nSPS) is 12.6. The third-order valence-corrected chi connectivity index (χ3v) is 5.44. The fourth-order valence-corrected chi connectivity index (χ4v) is 3.76. The van der Waals surface area contributed by atoms with E-state index < -0.39 is 0 Å². The van der Waals surface area contributed by atoms with Crippen LogP contribution in [0.3, 0.4) is 0 Å². The van der Waals surface area contributed by atoms with Crippen LogP contribution in [-0.4, -0.2) is 26.1 Å². The van der Waals surface area contributed by atoms with Gasteiger partial charge in [-0.3, -0.25) is 4.79 Å². The van der Waals surface area contributed by atoms with E-state index in [1.807, 2.05) is 18.2 Å². The Morgan fingerprint density at radius 2 is 1.75 bits per heavy atom. The van der Waals surface area contributed by atoms with Crippen LogP contribution in [0.5, 0.6) is 23.0 Å². The molecule has 3 aromatic rings. The number of halogens is 2. The summed E-state index contributed by atoms with van der Waals surface area (Å²) in [6.45, 7) is 1.17. The molecule has 1 heterocycles. The Labute approximate surface area is 196 Å². The maximum Gasteiger partial charge on any atom is 0.185 e. The van der Waals surface area contributed by atoms with Crippen LogP contribution in [0.1, 0.15) is 21.5 Å². The first-order valence-corrected chi connectivity index (χ1v) is 10.7. The average Bonchev–Trinajstić information content (AvgIpc) is 2.82. The quantitative estimate of drug-likeness (QED) is 0.301. The van der Waals surface area contributed by atoms with Crippen molar-refractivity contribution in [3.63, 3.8) is 0 Å². The number of methoxy groups -OCH3 is 1. The summed E-state index contributed by atoms with van der Waals surface area (Å²) >= 11 is 12.4. The summed E-state index contributed by atoms with van der Waals surface area (Å²) in [7, 11) is 1.59. The lowest BCUT2D eigenvalue weighted by Crippen LogP contribution is -2.15. The van der Waals surface area contributed by atoms with Gasteiger partial charge in [0.05, 0.1) is 17.2 Å². The van der Waals surface area contributed by atoms with Gasteiger partial charge in [-0.15, -0.1) is 0 Å². The molecule has 4 rings (SSSR count). The van der Waals surface area contributed by atoms with Crippen LogP contribution in [-0.2, 0) is 6.61 Å². The van der Waals surface area contributed by atoms with E-state index >= 15 is 0 Å². The van der Waals surface area contributed by atoms with E-state index in [4.69, 9.17) is 42.1 Å². The Bertz CT molecular complexity index is 1150. The molecular formula is C25H20Cl2O5. The molecule has 32 heavy (non-hydrogen) atoms. The van der Waals surface area contributed by atoms with Gasteiger partial charge < -0.3 is 18.9 Å². The highest BCUT2D eigenvalue weighted by atomic mass is 35.5. The van der Waals surface area contributed by atoms with Crippen molar-refractivity contribution < 1.29 is 23.7 Å². The Morgan fingerprint density at radius 3 is 2.50 bits per heavy atom. The number of para-hydroxylation sites is 1. The van der Waals surface area contributed by atoms with Gasteiger partial charge in [-0.25, -0.2) is 0 Å². The summed E-state index contributed by atoms with van der Waals surface area (Å²) in [5.74, 6) is 2.15. The molecule has 0 aromatic heterocycles. The highest BCUT2D eigenvalue weighted by Gasteiger charge is 2.14. The molecule has 0 saturated carbocycles. The van der Waals surface area contributed by atoms with Gasteiger partial charge in [-0.05, 0) is 54.1 Å². The fourth-order valence-electron chi connectivity index (χ4n) is 3.25. The van der Waals surface area contributed by atoms with Crippen molar-refractivity contribution in [2.75, 3.05) is 20.3 Å². The standard InChI is InChI=1S/C25H20Cl2O5/c1-29-22-9-6-16(13-18(22)15-32-25-19(26)3-2-4-20(25)27)5-8-21(28)17-7-10-23-24(14-17)31-12-11-30-23/h2-10,13-14H,11-12,15H2,1H3/b8-5+. The Balaban J connectivity index is 1.50. The number of hydrogen-bond acceptors (Lipinski definition) is 5. The molecule has 5 nitrogen and oxygen atoms in total. The molecule has 0 unspecified atom stereocenters. The molecule has 0 amide bonds. The van der Waals surface area contributed by atoms with E-state index in [1.165, 1.54) is 6.08 Å². The Morgan fingerprint density at radius 1 is 1.00 bits per heavy atom. The molecule has 0 atom stereocenters. The van der Waals surface area contributed by atoms with E-state index in [9.17, 15) is 4.79 Å².